The first-order valence-electron chi connectivity index (χ1n) is 7.67. The molecule has 8 heteroatoms. The molecule has 1 unspecified atom stereocenters. The Morgan fingerprint density at radius 2 is 2.08 bits per heavy atom. The molecule has 0 spiro atoms. The van der Waals surface area contributed by atoms with Crippen molar-refractivity contribution in [1.82, 2.24) is 4.90 Å². The number of carbonyl (C=O) groups excluding carboxylic acids is 2. The second-order valence-electron chi connectivity index (χ2n) is 5.54. The van der Waals surface area contributed by atoms with E-state index in [2.05, 4.69) is 0 Å². The molecule has 0 N–H and O–H groups in total. The molecule has 7 nitrogen and oxygen atoms in total. The van der Waals surface area contributed by atoms with Crippen molar-refractivity contribution >= 4 is 21.7 Å². The van der Waals surface area contributed by atoms with E-state index >= 15 is 0 Å². The molecule has 1 fully saturated rings. The third-order valence-electron chi connectivity index (χ3n) is 3.94. The van der Waals surface area contributed by atoms with Crippen molar-refractivity contribution in [2.45, 2.75) is 19.4 Å². The van der Waals surface area contributed by atoms with Gasteiger partial charge in [-0.2, -0.15) is 0 Å². The van der Waals surface area contributed by atoms with Gasteiger partial charge in [-0.3, -0.25) is 4.79 Å². The van der Waals surface area contributed by atoms with E-state index < -0.39 is 28.3 Å². The monoisotopic (exact) mass is 355 g/mol. The summed E-state index contributed by atoms with van der Waals surface area (Å²) in [6, 6.07) is 6.09. The Hall–Kier alpha value is -2.09. The summed E-state index contributed by atoms with van der Waals surface area (Å²) in [7, 11) is -1.59. The minimum Gasteiger partial charge on any atom is -0.497 e. The number of methoxy groups -OCH3 is 1. The van der Waals surface area contributed by atoms with Crippen LogP contribution in [-0.2, 0) is 19.4 Å². The summed E-state index contributed by atoms with van der Waals surface area (Å²) in [6.45, 7) is 1.73. The second-order valence-corrected chi connectivity index (χ2v) is 7.77. The Kier molecular flexibility index (Phi) is 5.82. The fraction of sp³-hybridized carbons (Fsp3) is 0.500. The van der Waals surface area contributed by atoms with Crippen LogP contribution in [0, 0.1) is 0 Å². The maximum absolute atomic E-state index is 12.3. The van der Waals surface area contributed by atoms with Crippen molar-refractivity contribution in [1.29, 1.82) is 0 Å². The zero-order valence-corrected chi connectivity index (χ0v) is 14.5. The molecule has 1 aromatic carbocycles. The molecule has 24 heavy (non-hydrogen) atoms. The molecule has 0 aliphatic carbocycles. The number of amides is 1. The number of nitrogens with zero attached hydrogens (tertiary/aromatic N) is 1. The van der Waals surface area contributed by atoms with Crippen LogP contribution in [0.15, 0.2) is 24.3 Å². The molecule has 1 saturated heterocycles. The number of esters is 1. The predicted octanol–water partition coefficient (Wildman–Crippen LogP) is 0.888. The van der Waals surface area contributed by atoms with Gasteiger partial charge in [-0.15, -0.1) is 0 Å². The number of likely N-dealkylation sites (N-methyl/N-ethyl adjacent to an activating group) is 1. The Bertz CT molecular complexity index is 715. The first kappa shape index (κ1) is 18.3. The zero-order valence-electron chi connectivity index (χ0n) is 13.7. The van der Waals surface area contributed by atoms with Crippen LogP contribution in [-0.4, -0.2) is 63.0 Å². The molecule has 0 aromatic heterocycles. The lowest BCUT2D eigenvalue weighted by atomic mass is 10.2. The van der Waals surface area contributed by atoms with Gasteiger partial charge in [0.2, 0.25) is 0 Å². The normalized spacial score (nSPS) is 18.8. The van der Waals surface area contributed by atoms with E-state index in [0.717, 1.165) is 0 Å². The van der Waals surface area contributed by atoms with Crippen molar-refractivity contribution in [2.24, 2.45) is 0 Å². The summed E-state index contributed by atoms with van der Waals surface area (Å²) in [6.07, 6.45) is 0.422. The minimum absolute atomic E-state index is 0.0313. The van der Waals surface area contributed by atoms with E-state index in [4.69, 9.17) is 9.47 Å². The van der Waals surface area contributed by atoms with Crippen LogP contribution in [0.25, 0.3) is 0 Å². The summed E-state index contributed by atoms with van der Waals surface area (Å²) < 4.78 is 33.2. The van der Waals surface area contributed by atoms with Crippen LogP contribution in [0.1, 0.15) is 23.7 Å². The number of ether oxygens (including phenoxy) is 2. The molecule has 1 aliphatic heterocycles. The summed E-state index contributed by atoms with van der Waals surface area (Å²) in [5.41, 5.74) is 0.286. The van der Waals surface area contributed by atoms with Gasteiger partial charge in [0.1, 0.15) is 5.75 Å². The third kappa shape index (κ3) is 4.47. The van der Waals surface area contributed by atoms with Gasteiger partial charge >= 0.3 is 5.97 Å². The van der Waals surface area contributed by atoms with Crippen molar-refractivity contribution < 1.29 is 27.5 Å². The molecule has 1 aliphatic rings. The Morgan fingerprint density at radius 1 is 1.33 bits per heavy atom. The van der Waals surface area contributed by atoms with Crippen LogP contribution in [0.4, 0.5) is 0 Å². The molecular weight excluding hydrogens is 334 g/mol. The molecule has 132 valence electrons. The van der Waals surface area contributed by atoms with Crippen molar-refractivity contribution in [2.75, 3.05) is 31.8 Å². The molecule has 0 bridgehead atoms. The van der Waals surface area contributed by atoms with Crippen LogP contribution < -0.4 is 4.74 Å². The fourth-order valence-electron chi connectivity index (χ4n) is 2.70. The summed E-state index contributed by atoms with van der Waals surface area (Å²) >= 11 is 0. The van der Waals surface area contributed by atoms with Gasteiger partial charge in [0.25, 0.3) is 5.91 Å². The average Bonchev–Trinajstić information content (AvgIpc) is 2.93. The van der Waals surface area contributed by atoms with Gasteiger partial charge in [-0.25, -0.2) is 13.2 Å². The SMILES string of the molecule is CCN(C(=O)COC(=O)c1cccc(OC)c1)C1CCS(=O)(=O)C1. The van der Waals surface area contributed by atoms with E-state index in [1.165, 1.54) is 18.1 Å². The van der Waals surface area contributed by atoms with Gasteiger partial charge in [0.15, 0.2) is 16.4 Å². The Morgan fingerprint density at radius 3 is 2.67 bits per heavy atom. The lowest BCUT2D eigenvalue weighted by Crippen LogP contribution is -2.43. The third-order valence-corrected chi connectivity index (χ3v) is 5.69. The van der Waals surface area contributed by atoms with Gasteiger partial charge in [-0.05, 0) is 31.5 Å². The molecule has 1 amide bonds. The van der Waals surface area contributed by atoms with E-state index in [1.54, 1.807) is 25.1 Å². The Labute approximate surface area is 141 Å². The molecule has 1 heterocycles. The second kappa shape index (κ2) is 7.65. The van der Waals surface area contributed by atoms with E-state index in [9.17, 15) is 18.0 Å². The first-order chi connectivity index (χ1) is 11.4. The van der Waals surface area contributed by atoms with Crippen LogP contribution in [0.3, 0.4) is 0 Å². The molecule has 0 saturated carbocycles. The number of sulfone groups is 1. The molecule has 0 radical (unpaired) electrons. The maximum Gasteiger partial charge on any atom is 0.338 e. The van der Waals surface area contributed by atoms with Crippen molar-refractivity contribution in [3.8, 4) is 5.75 Å². The lowest BCUT2D eigenvalue weighted by molar-refractivity contribution is -0.136. The maximum atomic E-state index is 12.3. The molecular formula is C16H21NO6S. The summed E-state index contributed by atoms with van der Waals surface area (Å²) in [5, 5.41) is 0. The number of carbonyl (C=O) groups is 2. The van der Waals surface area contributed by atoms with Crippen LogP contribution >= 0.6 is 0 Å². The highest BCUT2D eigenvalue weighted by Crippen LogP contribution is 2.18. The summed E-state index contributed by atoms with van der Waals surface area (Å²) in [5.74, 6) is -0.447. The van der Waals surface area contributed by atoms with Crippen LogP contribution in [0.2, 0.25) is 0 Å². The highest BCUT2D eigenvalue weighted by Gasteiger charge is 2.34. The summed E-state index contributed by atoms with van der Waals surface area (Å²) in [4.78, 5) is 25.7. The van der Waals surface area contributed by atoms with Crippen molar-refractivity contribution in [3.05, 3.63) is 29.8 Å². The van der Waals surface area contributed by atoms with Gasteiger partial charge in [-0.1, -0.05) is 6.07 Å². The molecule has 2 rings (SSSR count). The van der Waals surface area contributed by atoms with Crippen LogP contribution in [0.5, 0.6) is 5.75 Å². The number of hydrogen-bond acceptors (Lipinski definition) is 6. The minimum atomic E-state index is -3.08. The lowest BCUT2D eigenvalue weighted by Gasteiger charge is -2.26. The number of benzene rings is 1. The predicted molar refractivity (Wildman–Crippen MR) is 87.7 cm³/mol. The largest absolute Gasteiger partial charge is 0.497 e. The van der Waals surface area contributed by atoms with Gasteiger partial charge in [0, 0.05) is 12.6 Å². The Balaban J connectivity index is 1.94. The topological polar surface area (TPSA) is 90.0 Å². The van der Waals surface area contributed by atoms with E-state index in [1.807, 2.05) is 0 Å². The highest BCUT2D eigenvalue weighted by molar-refractivity contribution is 7.91. The number of hydrogen-bond donors (Lipinski definition) is 0. The van der Waals surface area contributed by atoms with E-state index in [-0.39, 0.29) is 23.1 Å². The fourth-order valence-corrected chi connectivity index (χ4v) is 4.43. The number of rotatable bonds is 6. The zero-order chi connectivity index (χ0) is 17.7. The molecule has 1 aromatic rings. The van der Waals surface area contributed by atoms with Gasteiger partial charge in [0.05, 0.1) is 24.2 Å². The average molecular weight is 355 g/mol. The standard InChI is InChI=1S/C16H21NO6S/c1-3-17(13-7-8-24(20,21)11-13)15(18)10-23-16(19)12-5-4-6-14(9-12)22-2/h4-6,9,13H,3,7-8,10-11H2,1-2H3. The quantitative estimate of drug-likeness (QED) is 0.704. The van der Waals surface area contributed by atoms with Gasteiger partial charge < -0.3 is 14.4 Å². The van der Waals surface area contributed by atoms with Crippen molar-refractivity contribution in [3.63, 3.8) is 0 Å². The van der Waals surface area contributed by atoms with E-state index in [0.29, 0.717) is 18.7 Å². The highest BCUT2D eigenvalue weighted by atomic mass is 32.2. The first-order valence-corrected chi connectivity index (χ1v) is 9.49. The smallest absolute Gasteiger partial charge is 0.338 e. The molecule has 1 atom stereocenters.